The molecule has 3 aromatic carbocycles. The molecule has 2 saturated heterocycles. The highest BCUT2D eigenvalue weighted by Gasteiger charge is 2.44. The summed E-state index contributed by atoms with van der Waals surface area (Å²) in [5.74, 6) is -0.772. The van der Waals surface area contributed by atoms with Crippen LogP contribution in [-0.4, -0.2) is 110 Å². The number of nitrogens with zero attached hydrogens (tertiary/aromatic N) is 9. The first kappa shape index (κ1) is 42.2. The lowest BCUT2D eigenvalue weighted by Crippen LogP contribution is -2.67. The van der Waals surface area contributed by atoms with Crippen molar-refractivity contribution in [1.82, 2.24) is 44.9 Å². The minimum atomic E-state index is -4.79. The molecule has 0 spiro atoms. The zero-order valence-electron chi connectivity index (χ0n) is 29.2. The zero-order valence-corrected chi connectivity index (χ0v) is 31.7. The van der Waals surface area contributed by atoms with Gasteiger partial charge in [0.25, 0.3) is 11.7 Å². The quantitative estimate of drug-likeness (QED) is 0.187. The number of hydrogen-bond acceptors (Lipinski definition) is 10. The normalized spacial score (nSPS) is 17.4. The van der Waals surface area contributed by atoms with Crippen LogP contribution in [0.25, 0.3) is 5.69 Å². The van der Waals surface area contributed by atoms with Gasteiger partial charge in [0.1, 0.15) is 11.4 Å². The number of carbonyl (C=O) groups excluding carboxylic acids is 1. The van der Waals surface area contributed by atoms with Gasteiger partial charge in [-0.25, -0.2) is 9.97 Å². The van der Waals surface area contributed by atoms with Crippen LogP contribution >= 0.6 is 37.2 Å². The third kappa shape index (κ3) is 8.55. The lowest BCUT2D eigenvalue weighted by molar-refractivity contribution is -0.146. The molecule has 1 amide bonds. The number of carbonyl (C=O) groups is 1. The summed E-state index contributed by atoms with van der Waals surface area (Å²) in [6, 6.07) is 25.3. The Kier molecular flexibility index (Phi) is 14.2. The monoisotopic (exact) mass is 807 g/mol. The first-order valence-corrected chi connectivity index (χ1v) is 16.5. The smallest absolute Gasteiger partial charge is 0.453 e. The van der Waals surface area contributed by atoms with Crippen LogP contribution in [0.15, 0.2) is 91.3 Å². The summed E-state index contributed by atoms with van der Waals surface area (Å²) in [7, 11) is 2.91. The molecule has 0 saturated carbocycles. The Bertz CT molecular complexity index is 1920. The number of hydrogen-bond donors (Lipinski definition) is 0. The number of ether oxygens (including phenoxy) is 2. The van der Waals surface area contributed by atoms with Gasteiger partial charge in [0, 0.05) is 69.7 Å². The molecule has 2 atom stereocenters. The largest absolute Gasteiger partial charge is 0.496 e. The first-order valence-electron chi connectivity index (χ1n) is 16.5. The van der Waals surface area contributed by atoms with Crippen LogP contribution in [0.5, 0.6) is 11.5 Å². The van der Waals surface area contributed by atoms with Crippen molar-refractivity contribution >= 4 is 43.1 Å². The Morgan fingerprint density at radius 2 is 1.48 bits per heavy atom. The van der Waals surface area contributed by atoms with E-state index in [0.29, 0.717) is 48.7 Å². The van der Waals surface area contributed by atoms with Crippen molar-refractivity contribution in [3.05, 3.63) is 120 Å². The Morgan fingerprint density at radius 1 is 0.833 bits per heavy atom. The second-order valence-electron chi connectivity index (χ2n) is 12.5. The number of rotatable bonds is 9. The van der Waals surface area contributed by atoms with Crippen LogP contribution in [0.2, 0.25) is 0 Å². The predicted molar refractivity (Wildman–Crippen MR) is 201 cm³/mol. The Hall–Kier alpha value is -4.54. The summed E-state index contributed by atoms with van der Waals surface area (Å²) in [6.45, 7) is 3.03. The molecular weight excluding hydrogens is 770 g/mol. The number of aromatic nitrogens is 6. The topological polar surface area (TPSA) is 115 Å². The molecule has 2 aromatic heterocycles. The maximum absolute atomic E-state index is 13.9. The number of amides is 1. The predicted octanol–water partition coefficient (Wildman–Crippen LogP) is 5.60. The molecule has 12 nitrogen and oxygen atoms in total. The van der Waals surface area contributed by atoms with Crippen molar-refractivity contribution in [3.63, 3.8) is 0 Å². The van der Waals surface area contributed by atoms with E-state index in [4.69, 9.17) is 9.47 Å². The van der Waals surface area contributed by atoms with Crippen molar-refractivity contribution in [1.29, 1.82) is 0 Å². The molecular formula is C36H39Cl3F3N9O3. The fraction of sp³-hybridized carbons (Fsp3) is 0.333. The van der Waals surface area contributed by atoms with E-state index in [9.17, 15) is 18.0 Å². The Balaban J connectivity index is 0.00000217. The molecule has 2 fully saturated rings. The highest BCUT2D eigenvalue weighted by molar-refractivity contribution is 5.90. The van der Waals surface area contributed by atoms with E-state index in [0.717, 1.165) is 11.1 Å². The van der Waals surface area contributed by atoms with Gasteiger partial charge in [-0.05, 0) is 39.8 Å². The van der Waals surface area contributed by atoms with Gasteiger partial charge in [-0.3, -0.25) is 14.6 Å². The molecule has 0 aliphatic carbocycles. The average molecular weight is 809 g/mol. The van der Waals surface area contributed by atoms with E-state index >= 15 is 0 Å². The van der Waals surface area contributed by atoms with Gasteiger partial charge in [0.2, 0.25) is 5.82 Å². The van der Waals surface area contributed by atoms with E-state index in [1.165, 1.54) is 20.3 Å². The van der Waals surface area contributed by atoms with E-state index in [-0.39, 0.29) is 84.9 Å². The molecule has 2 aliphatic rings. The van der Waals surface area contributed by atoms with Gasteiger partial charge in [-0.2, -0.15) is 17.9 Å². The number of fused-ring (bicyclic) bond motifs is 1. The molecule has 54 heavy (non-hydrogen) atoms. The molecule has 0 radical (unpaired) electrons. The Morgan fingerprint density at radius 3 is 2.07 bits per heavy atom. The number of alkyl halides is 3. The summed E-state index contributed by atoms with van der Waals surface area (Å²) in [5, 5.41) is 10.2. The van der Waals surface area contributed by atoms with Crippen LogP contribution in [0, 0.1) is 0 Å². The average Bonchev–Trinajstić information content (AvgIpc) is 3.67. The third-order valence-electron chi connectivity index (χ3n) is 9.57. The van der Waals surface area contributed by atoms with Crippen molar-refractivity contribution in [2.24, 2.45) is 0 Å². The lowest BCUT2D eigenvalue weighted by atomic mass is 9.81. The Labute approximate surface area is 328 Å². The molecule has 4 heterocycles. The van der Waals surface area contributed by atoms with Crippen molar-refractivity contribution in [3.8, 4) is 17.2 Å². The molecule has 2 aliphatic heterocycles. The highest BCUT2D eigenvalue weighted by atomic mass is 35.5. The molecule has 0 N–H and O–H groups in total. The fourth-order valence-corrected chi connectivity index (χ4v) is 7.41. The SMILES string of the molecule is COc1ccc(-n2nnnc2C(F)(F)F)c(OC)c1CN1C[C@@H]2CN(C(=O)c3ncccn3)CCN2[C@H](C(c2ccccc2)c2ccccc2)C1.Cl.Cl.Cl. The standard InChI is InChI=1S/C36H36F3N9O3.3ClH/c1-50-30-15-14-28(48-35(36(37,38)39)42-43-44-48)32(51-2)27(30)22-45-20-26-21-46(34(49)33-40-16-9-17-41-33)18-19-47(26)29(23-45)31(24-10-5-3-6-11-24)25-12-7-4-8-13-25;;;/h3-17,26,29,31H,18-23H2,1-2H3;3*1H/t26-,29+;;;/m1.../s1. The number of methoxy groups -OCH3 is 2. The van der Waals surface area contributed by atoms with E-state index in [1.807, 2.05) is 36.4 Å². The van der Waals surface area contributed by atoms with Gasteiger partial charge in [-0.1, -0.05) is 60.7 Å². The van der Waals surface area contributed by atoms with Crippen LogP contribution < -0.4 is 9.47 Å². The summed E-state index contributed by atoms with van der Waals surface area (Å²) in [6.07, 6.45) is -1.68. The molecule has 0 unspecified atom stereocenters. The van der Waals surface area contributed by atoms with E-state index in [1.54, 1.807) is 29.4 Å². The van der Waals surface area contributed by atoms with Crippen molar-refractivity contribution in [2.45, 2.75) is 30.7 Å². The summed E-state index contributed by atoms with van der Waals surface area (Å²) >= 11 is 0. The minimum absolute atomic E-state index is 0. The molecule has 18 heteroatoms. The number of benzene rings is 3. The van der Waals surface area contributed by atoms with E-state index < -0.39 is 12.0 Å². The van der Waals surface area contributed by atoms with Crippen LogP contribution in [0.1, 0.15) is 39.1 Å². The molecule has 5 aromatic rings. The number of piperazine rings is 2. The van der Waals surface area contributed by atoms with Crippen molar-refractivity contribution in [2.75, 3.05) is 46.9 Å². The fourth-order valence-electron chi connectivity index (χ4n) is 7.41. The number of tetrazole rings is 1. The molecule has 7 rings (SSSR count). The van der Waals surface area contributed by atoms with Gasteiger partial charge in [0.15, 0.2) is 5.75 Å². The minimum Gasteiger partial charge on any atom is -0.496 e. The van der Waals surface area contributed by atoms with Crippen LogP contribution in [0.4, 0.5) is 13.2 Å². The lowest BCUT2D eigenvalue weighted by Gasteiger charge is -2.53. The first-order chi connectivity index (χ1) is 24.8. The molecule has 288 valence electrons. The molecule has 0 bridgehead atoms. The summed E-state index contributed by atoms with van der Waals surface area (Å²) in [4.78, 5) is 28.5. The van der Waals surface area contributed by atoms with E-state index in [2.05, 4.69) is 59.6 Å². The third-order valence-corrected chi connectivity index (χ3v) is 9.57. The summed E-state index contributed by atoms with van der Waals surface area (Å²) in [5.41, 5.74) is 2.89. The zero-order chi connectivity index (χ0) is 35.5. The van der Waals surface area contributed by atoms with Crippen molar-refractivity contribution < 1.29 is 27.4 Å². The number of halogens is 6. The van der Waals surface area contributed by atoms with Gasteiger partial charge < -0.3 is 14.4 Å². The maximum Gasteiger partial charge on any atom is 0.453 e. The van der Waals surface area contributed by atoms with Gasteiger partial charge in [-0.15, -0.1) is 42.3 Å². The highest BCUT2D eigenvalue weighted by Crippen LogP contribution is 2.40. The second-order valence-corrected chi connectivity index (χ2v) is 12.5. The van der Waals surface area contributed by atoms with Gasteiger partial charge >= 0.3 is 6.18 Å². The second kappa shape index (κ2) is 18.2. The summed E-state index contributed by atoms with van der Waals surface area (Å²) < 4.78 is 53.9. The van der Waals surface area contributed by atoms with Crippen LogP contribution in [-0.2, 0) is 12.7 Å². The maximum atomic E-state index is 13.9. The van der Waals surface area contributed by atoms with Crippen LogP contribution in [0.3, 0.4) is 0 Å². The van der Waals surface area contributed by atoms with Gasteiger partial charge in [0.05, 0.1) is 19.8 Å².